The first-order chi connectivity index (χ1) is 9.24. The van der Waals surface area contributed by atoms with Crippen LogP contribution in [0.25, 0.3) is 5.69 Å². The molecule has 98 valence electrons. The number of hydrogen-bond acceptors (Lipinski definition) is 3. The maximum atomic E-state index is 4.35. The molecule has 0 bridgehead atoms. The van der Waals surface area contributed by atoms with Crippen molar-refractivity contribution < 1.29 is 0 Å². The molecule has 1 aromatic heterocycles. The van der Waals surface area contributed by atoms with E-state index in [1.165, 1.54) is 11.1 Å². The smallest absolute Gasteiger partial charge is 0.0964 e. The molecule has 0 saturated carbocycles. The lowest BCUT2D eigenvalue weighted by atomic mass is 10.1. The van der Waals surface area contributed by atoms with Gasteiger partial charge in [0.25, 0.3) is 0 Å². The zero-order chi connectivity index (χ0) is 13.2. The highest BCUT2D eigenvalue weighted by molar-refractivity contribution is 7.99. The molecule has 1 aliphatic rings. The summed E-state index contributed by atoms with van der Waals surface area (Å²) in [4.78, 5) is 0. The van der Waals surface area contributed by atoms with Crippen LogP contribution in [0.15, 0.2) is 47.7 Å². The first-order valence-electron chi connectivity index (χ1n) is 6.48. The van der Waals surface area contributed by atoms with Crippen molar-refractivity contribution >= 4 is 11.8 Å². The molecule has 0 radical (unpaired) electrons. The van der Waals surface area contributed by atoms with E-state index in [1.807, 2.05) is 46.8 Å². The van der Waals surface area contributed by atoms with Crippen molar-refractivity contribution in [2.24, 2.45) is 0 Å². The van der Waals surface area contributed by atoms with Crippen LogP contribution in [0.1, 0.15) is 31.2 Å². The van der Waals surface area contributed by atoms with E-state index < -0.39 is 0 Å². The molecule has 19 heavy (non-hydrogen) atoms. The van der Waals surface area contributed by atoms with Crippen molar-refractivity contribution in [2.75, 3.05) is 5.75 Å². The molecule has 2 aromatic rings. The highest BCUT2D eigenvalue weighted by Crippen LogP contribution is 2.39. The summed E-state index contributed by atoms with van der Waals surface area (Å²) < 4.78 is 1.86. The van der Waals surface area contributed by atoms with Gasteiger partial charge in [0, 0.05) is 5.75 Å². The Kier molecular flexibility index (Phi) is 3.42. The molecule has 4 heteroatoms. The van der Waals surface area contributed by atoms with E-state index in [0.29, 0.717) is 5.25 Å². The van der Waals surface area contributed by atoms with Crippen LogP contribution in [0.3, 0.4) is 0 Å². The lowest BCUT2D eigenvalue weighted by Gasteiger charge is -2.21. The van der Waals surface area contributed by atoms with E-state index in [4.69, 9.17) is 0 Å². The minimum absolute atomic E-state index is 0.446. The van der Waals surface area contributed by atoms with Crippen molar-refractivity contribution in [1.29, 1.82) is 0 Å². The molecule has 3 rings (SSSR count). The summed E-state index contributed by atoms with van der Waals surface area (Å²) in [6.45, 7) is 4.45. The molecule has 0 fully saturated rings. The molecule has 1 aromatic carbocycles. The van der Waals surface area contributed by atoms with Gasteiger partial charge in [-0.3, -0.25) is 0 Å². The number of allylic oxidation sites excluding steroid dienone is 1. The van der Waals surface area contributed by atoms with Crippen LogP contribution >= 0.6 is 11.8 Å². The van der Waals surface area contributed by atoms with Crippen molar-refractivity contribution in [1.82, 2.24) is 15.0 Å². The van der Waals surface area contributed by atoms with Crippen LogP contribution in [-0.2, 0) is 0 Å². The Labute approximate surface area is 117 Å². The van der Waals surface area contributed by atoms with Crippen LogP contribution in [0.4, 0.5) is 0 Å². The monoisotopic (exact) mass is 271 g/mol. The number of rotatable bonds is 2. The molecule has 0 amide bonds. The van der Waals surface area contributed by atoms with Crippen molar-refractivity contribution in [2.45, 2.75) is 25.5 Å². The maximum Gasteiger partial charge on any atom is 0.0964 e. The second-order valence-corrected chi connectivity index (χ2v) is 6.18. The van der Waals surface area contributed by atoms with E-state index in [0.717, 1.165) is 23.6 Å². The summed E-state index contributed by atoms with van der Waals surface area (Å²) in [6, 6.07) is 10.1. The van der Waals surface area contributed by atoms with Crippen LogP contribution in [0, 0.1) is 0 Å². The van der Waals surface area contributed by atoms with Gasteiger partial charge in [0.2, 0.25) is 0 Å². The van der Waals surface area contributed by atoms with Crippen LogP contribution in [-0.4, -0.2) is 20.7 Å². The van der Waals surface area contributed by atoms with Gasteiger partial charge in [-0.05, 0) is 32.4 Å². The number of nitrogens with zero attached hydrogens (tertiary/aromatic N) is 3. The molecule has 3 nitrogen and oxygen atoms in total. The fourth-order valence-corrected chi connectivity index (χ4v) is 3.53. The summed E-state index contributed by atoms with van der Waals surface area (Å²) in [5, 5.41) is 9.03. The van der Waals surface area contributed by atoms with Crippen LogP contribution in [0.2, 0.25) is 0 Å². The van der Waals surface area contributed by atoms with Crippen LogP contribution in [0.5, 0.6) is 0 Å². The highest BCUT2D eigenvalue weighted by atomic mass is 32.2. The first kappa shape index (κ1) is 12.5. The Morgan fingerprint density at radius 2 is 1.95 bits per heavy atom. The molecule has 0 spiro atoms. The fourth-order valence-electron chi connectivity index (χ4n) is 2.18. The van der Waals surface area contributed by atoms with Crippen molar-refractivity contribution in [3.05, 3.63) is 53.4 Å². The van der Waals surface area contributed by atoms with Gasteiger partial charge in [0.05, 0.1) is 22.8 Å². The summed E-state index contributed by atoms with van der Waals surface area (Å²) in [5.41, 5.74) is 5.15. The standard InChI is InChI=1S/C15H17N3S/c1-11-8-15(19-10-12(11)2)14-9-18(17-16-14)13-6-4-3-5-7-13/h3-7,9,15H,8,10H2,1-2H3/t15-/m1/s1. The SMILES string of the molecule is CC1=C(C)C[C@H](c2cn(-c3ccccc3)nn2)SC1. The topological polar surface area (TPSA) is 30.7 Å². The molecular formula is C15H17N3S. The van der Waals surface area contributed by atoms with Crippen molar-refractivity contribution in [3.63, 3.8) is 0 Å². The highest BCUT2D eigenvalue weighted by Gasteiger charge is 2.21. The number of aromatic nitrogens is 3. The predicted octanol–water partition coefficient (Wildman–Crippen LogP) is 3.78. The maximum absolute atomic E-state index is 4.35. The van der Waals surface area contributed by atoms with Gasteiger partial charge in [0.15, 0.2) is 0 Å². The van der Waals surface area contributed by atoms with Gasteiger partial charge < -0.3 is 0 Å². The average Bonchev–Trinajstić information content (AvgIpc) is 2.93. The lowest BCUT2D eigenvalue weighted by Crippen LogP contribution is -2.05. The largest absolute Gasteiger partial charge is 0.220 e. The van der Waals surface area contributed by atoms with Crippen molar-refractivity contribution in [3.8, 4) is 5.69 Å². The Balaban J connectivity index is 1.83. The zero-order valence-electron chi connectivity index (χ0n) is 11.2. The summed E-state index contributed by atoms with van der Waals surface area (Å²) in [6.07, 6.45) is 3.14. The van der Waals surface area contributed by atoms with Gasteiger partial charge in [-0.2, -0.15) is 0 Å². The third-order valence-corrected chi connectivity index (χ3v) is 4.99. The van der Waals surface area contributed by atoms with Gasteiger partial charge >= 0.3 is 0 Å². The Morgan fingerprint density at radius 1 is 1.16 bits per heavy atom. The van der Waals surface area contributed by atoms with E-state index >= 15 is 0 Å². The second-order valence-electron chi connectivity index (χ2n) is 4.99. The molecule has 0 aliphatic carbocycles. The summed E-state index contributed by atoms with van der Waals surface area (Å²) in [5.74, 6) is 1.11. The number of thioether (sulfide) groups is 1. The first-order valence-corrected chi connectivity index (χ1v) is 7.53. The van der Waals surface area contributed by atoms with E-state index in [1.54, 1.807) is 0 Å². The third-order valence-electron chi connectivity index (χ3n) is 3.58. The second kappa shape index (κ2) is 5.21. The van der Waals surface area contributed by atoms with E-state index in [9.17, 15) is 0 Å². The number of para-hydroxylation sites is 1. The van der Waals surface area contributed by atoms with E-state index in [2.05, 4.69) is 30.4 Å². The van der Waals surface area contributed by atoms with Crippen LogP contribution < -0.4 is 0 Å². The Bertz CT molecular complexity index is 601. The van der Waals surface area contributed by atoms with Gasteiger partial charge in [0.1, 0.15) is 0 Å². The van der Waals surface area contributed by atoms with Gasteiger partial charge in [-0.25, -0.2) is 4.68 Å². The predicted molar refractivity (Wildman–Crippen MR) is 79.5 cm³/mol. The minimum Gasteiger partial charge on any atom is -0.220 e. The number of hydrogen-bond donors (Lipinski definition) is 0. The fraction of sp³-hybridized carbons (Fsp3) is 0.333. The summed E-state index contributed by atoms with van der Waals surface area (Å²) >= 11 is 1.96. The molecule has 0 unspecified atom stereocenters. The van der Waals surface area contributed by atoms with Gasteiger partial charge in [-0.1, -0.05) is 34.6 Å². The lowest BCUT2D eigenvalue weighted by molar-refractivity contribution is 0.788. The molecule has 0 saturated heterocycles. The molecule has 0 N–H and O–H groups in total. The molecule has 2 heterocycles. The van der Waals surface area contributed by atoms with Gasteiger partial charge in [-0.15, -0.1) is 16.9 Å². The summed E-state index contributed by atoms with van der Waals surface area (Å²) in [7, 11) is 0. The minimum atomic E-state index is 0.446. The Hall–Kier alpha value is -1.55. The Morgan fingerprint density at radius 3 is 2.68 bits per heavy atom. The molecule has 1 atom stereocenters. The average molecular weight is 271 g/mol. The third kappa shape index (κ3) is 2.59. The normalized spacial score (nSPS) is 19.8. The number of benzene rings is 1. The quantitative estimate of drug-likeness (QED) is 0.779. The zero-order valence-corrected chi connectivity index (χ0v) is 12.0. The van der Waals surface area contributed by atoms with E-state index in [-0.39, 0.29) is 0 Å². The molecular weight excluding hydrogens is 254 g/mol. The molecule has 1 aliphatic heterocycles.